The van der Waals surface area contributed by atoms with Crippen molar-refractivity contribution in [2.75, 3.05) is 0 Å². The van der Waals surface area contributed by atoms with Gasteiger partial charge in [0.15, 0.2) is 6.10 Å². The predicted molar refractivity (Wildman–Crippen MR) is 91.4 cm³/mol. The lowest BCUT2D eigenvalue weighted by Crippen LogP contribution is -2.36. The Morgan fingerprint density at radius 2 is 1.92 bits per heavy atom. The Balaban J connectivity index is 1.59. The van der Waals surface area contributed by atoms with Gasteiger partial charge < -0.3 is 10.1 Å². The summed E-state index contributed by atoms with van der Waals surface area (Å²) in [5.41, 5.74) is 3.42. The fraction of sp³-hybridized carbons (Fsp3) is 0.350. The summed E-state index contributed by atoms with van der Waals surface area (Å²) in [4.78, 5) is 12.2. The van der Waals surface area contributed by atoms with Crippen LogP contribution in [0.3, 0.4) is 0 Å². The Hall–Kier alpha value is -2.36. The Morgan fingerprint density at radius 1 is 1.17 bits per heavy atom. The maximum atomic E-state index is 12.9. The average molecular weight is 327 g/mol. The molecule has 0 spiro atoms. The van der Waals surface area contributed by atoms with E-state index in [0.29, 0.717) is 6.54 Å². The fourth-order valence-corrected chi connectivity index (χ4v) is 3.04. The number of rotatable bonds is 5. The van der Waals surface area contributed by atoms with Gasteiger partial charge in [-0.25, -0.2) is 4.39 Å². The van der Waals surface area contributed by atoms with Crippen LogP contribution in [-0.4, -0.2) is 12.0 Å². The molecule has 1 N–H and O–H groups in total. The van der Waals surface area contributed by atoms with E-state index in [1.165, 1.54) is 36.1 Å². The van der Waals surface area contributed by atoms with Crippen LogP contribution in [-0.2, 0) is 24.2 Å². The van der Waals surface area contributed by atoms with Crippen LogP contribution >= 0.6 is 0 Å². The van der Waals surface area contributed by atoms with Crippen molar-refractivity contribution < 1.29 is 13.9 Å². The molecule has 0 fully saturated rings. The molecule has 24 heavy (non-hydrogen) atoms. The molecule has 0 aliphatic heterocycles. The molecule has 1 aliphatic carbocycles. The number of carbonyl (C=O) groups excluding carboxylic acids is 1. The highest BCUT2D eigenvalue weighted by Crippen LogP contribution is 2.30. The zero-order chi connectivity index (χ0) is 16.9. The van der Waals surface area contributed by atoms with Gasteiger partial charge in [-0.3, -0.25) is 4.79 Å². The van der Waals surface area contributed by atoms with E-state index < -0.39 is 6.10 Å². The summed E-state index contributed by atoms with van der Waals surface area (Å²) < 4.78 is 18.8. The third-order valence-corrected chi connectivity index (χ3v) is 4.41. The normalized spacial score (nSPS) is 14.6. The lowest BCUT2D eigenvalue weighted by atomic mass is 9.91. The summed E-state index contributed by atoms with van der Waals surface area (Å²) in [7, 11) is 0. The van der Waals surface area contributed by atoms with E-state index in [2.05, 4.69) is 11.4 Å². The van der Waals surface area contributed by atoms with Crippen molar-refractivity contribution in [3.63, 3.8) is 0 Å². The Morgan fingerprint density at radius 3 is 2.71 bits per heavy atom. The molecule has 1 aliphatic rings. The van der Waals surface area contributed by atoms with Crippen LogP contribution in [0.5, 0.6) is 5.75 Å². The van der Waals surface area contributed by atoms with Crippen molar-refractivity contribution in [3.05, 3.63) is 65.0 Å². The molecule has 4 heteroatoms. The zero-order valence-electron chi connectivity index (χ0n) is 13.8. The second-order valence-corrected chi connectivity index (χ2v) is 6.21. The number of aryl methyl sites for hydroxylation is 1. The highest BCUT2D eigenvalue weighted by Gasteiger charge is 2.19. The van der Waals surface area contributed by atoms with Crippen molar-refractivity contribution >= 4 is 5.91 Å². The first-order valence-corrected chi connectivity index (χ1v) is 8.43. The van der Waals surface area contributed by atoms with Crippen molar-refractivity contribution in [3.8, 4) is 5.75 Å². The minimum atomic E-state index is -0.570. The molecule has 0 bridgehead atoms. The molecule has 0 aromatic heterocycles. The van der Waals surface area contributed by atoms with Crippen molar-refractivity contribution in [1.82, 2.24) is 5.32 Å². The number of carbonyl (C=O) groups is 1. The van der Waals surface area contributed by atoms with E-state index in [-0.39, 0.29) is 11.7 Å². The molecule has 1 amide bonds. The number of halogens is 1. The van der Waals surface area contributed by atoms with Gasteiger partial charge in [-0.1, -0.05) is 24.3 Å². The number of nitrogens with one attached hydrogen (secondary N) is 1. The molecule has 2 aromatic carbocycles. The van der Waals surface area contributed by atoms with Gasteiger partial charge in [0.2, 0.25) is 0 Å². The second-order valence-electron chi connectivity index (χ2n) is 6.21. The number of benzene rings is 2. The molecule has 1 unspecified atom stereocenters. The van der Waals surface area contributed by atoms with Gasteiger partial charge in [0, 0.05) is 6.54 Å². The molecule has 0 saturated heterocycles. The van der Waals surface area contributed by atoms with Crippen molar-refractivity contribution in [2.45, 2.75) is 45.3 Å². The average Bonchev–Trinajstić information content (AvgIpc) is 2.61. The molecule has 0 heterocycles. The van der Waals surface area contributed by atoms with Gasteiger partial charge in [0.05, 0.1) is 0 Å². The van der Waals surface area contributed by atoms with E-state index >= 15 is 0 Å². The molecular weight excluding hydrogens is 305 g/mol. The molecule has 1 atom stereocenters. The first-order valence-electron chi connectivity index (χ1n) is 8.43. The van der Waals surface area contributed by atoms with E-state index in [1.807, 2.05) is 12.1 Å². The van der Waals surface area contributed by atoms with Crippen LogP contribution in [0.25, 0.3) is 0 Å². The van der Waals surface area contributed by atoms with Crippen LogP contribution < -0.4 is 10.1 Å². The molecule has 3 rings (SSSR count). The summed E-state index contributed by atoms with van der Waals surface area (Å²) in [6.07, 6.45) is 3.90. The van der Waals surface area contributed by atoms with Crippen LogP contribution in [0, 0.1) is 5.82 Å². The van der Waals surface area contributed by atoms with Gasteiger partial charge >= 0.3 is 0 Å². The molecule has 3 nitrogen and oxygen atoms in total. The lowest BCUT2D eigenvalue weighted by molar-refractivity contribution is -0.127. The number of hydrogen-bond donors (Lipinski definition) is 1. The highest BCUT2D eigenvalue weighted by atomic mass is 19.1. The summed E-state index contributed by atoms with van der Waals surface area (Å²) in [5.74, 6) is 0.361. The fourth-order valence-electron chi connectivity index (χ4n) is 3.04. The molecule has 126 valence electrons. The predicted octanol–water partition coefficient (Wildman–Crippen LogP) is 3.79. The molecule has 2 aromatic rings. The second kappa shape index (κ2) is 7.47. The van der Waals surface area contributed by atoms with Crippen molar-refractivity contribution in [2.24, 2.45) is 0 Å². The first kappa shape index (κ1) is 16.5. The Kier molecular flexibility index (Phi) is 5.14. The maximum Gasteiger partial charge on any atom is 0.261 e. The highest BCUT2D eigenvalue weighted by molar-refractivity contribution is 5.80. The summed E-state index contributed by atoms with van der Waals surface area (Å²) in [5, 5.41) is 2.83. The van der Waals surface area contributed by atoms with E-state index in [9.17, 15) is 9.18 Å². The third kappa shape index (κ3) is 3.94. The smallest absolute Gasteiger partial charge is 0.261 e. The lowest BCUT2D eigenvalue weighted by Gasteiger charge is -2.22. The summed E-state index contributed by atoms with van der Waals surface area (Å²) in [6.45, 7) is 2.11. The molecule has 0 saturated carbocycles. The van der Waals surface area contributed by atoms with E-state index in [1.54, 1.807) is 19.1 Å². The minimum Gasteiger partial charge on any atom is -0.481 e. The Labute approximate surface area is 141 Å². The van der Waals surface area contributed by atoms with Gasteiger partial charge in [-0.2, -0.15) is 0 Å². The van der Waals surface area contributed by atoms with Gasteiger partial charge in [0.25, 0.3) is 5.91 Å². The molecular formula is C20H22FNO2. The Bertz CT molecular complexity index is 712. The third-order valence-electron chi connectivity index (χ3n) is 4.41. The van der Waals surface area contributed by atoms with Crippen LogP contribution in [0.2, 0.25) is 0 Å². The standard InChI is InChI=1S/C20H22FNO2/c1-14(20(23)22-13-15-9-11-17(21)12-10-15)24-19-8-4-6-16-5-2-3-7-18(16)19/h4,6,8-12,14H,2-3,5,7,13H2,1H3,(H,22,23). The van der Waals surface area contributed by atoms with Crippen LogP contribution in [0.15, 0.2) is 42.5 Å². The summed E-state index contributed by atoms with van der Waals surface area (Å²) in [6, 6.07) is 12.2. The van der Waals surface area contributed by atoms with Crippen molar-refractivity contribution in [1.29, 1.82) is 0 Å². The number of hydrogen-bond acceptors (Lipinski definition) is 2. The van der Waals surface area contributed by atoms with E-state index in [0.717, 1.165) is 24.2 Å². The van der Waals surface area contributed by atoms with E-state index in [4.69, 9.17) is 4.74 Å². The van der Waals surface area contributed by atoms with Gasteiger partial charge in [-0.15, -0.1) is 0 Å². The summed E-state index contributed by atoms with van der Waals surface area (Å²) >= 11 is 0. The van der Waals surface area contributed by atoms with Gasteiger partial charge in [-0.05, 0) is 67.5 Å². The number of fused-ring (bicyclic) bond motifs is 1. The van der Waals surface area contributed by atoms with Crippen LogP contribution in [0.4, 0.5) is 4.39 Å². The maximum absolute atomic E-state index is 12.9. The molecule has 0 radical (unpaired) electrons. The topological polar surface area (TPSA) is 38.3 Å². The first-order chi connectivity index (χ1) is 11.6. The van der Waals surface area contributed by atoms with Gasteiger partial charge in [0.1, 0.15) is 11.6 Å². The zero-order valence-corrected chi connectivity index (χ0v) is 13.8. The number of ether oxygens (including phenoxy) is 1. The SMILES string of the molecule is CC(Oc1cccc2c1CCCC2)C(=O)NCc1ccc(F)cc1. The minimum absolute atomic E-state index is 0.173. The monoisotopic (exact) mass is 327 g/mol. The van der Waals surface area contributed by atoms with Crippen LogP contribution in [0.1, 0.15) is 36.5 Å². The number of amides is 1. The largest absolute Gasteiger partial charge is 0.481 e. The quantitative estimate of drug-likeness (QED) is 0.907.